The number of anilines is 1. The maximum absolute atomic E-state index is 6.23. The molecule has 136 valence electrons. The van der Waals surface area contributed by atoms with Crippen molar-refractivity contribution in [1.29, 1.82) is 0 Å². The summed E-state index contributed by atoms with van der Waals surface area (Å²) < 4.78 is 0. The number of allylic oxidation sites excluding steroid dienone is 1. The van der Waals surface area contributed by atoms with Crippen LogP contribution in [0.3, 0.4) is 0 Å². The van der Waals surface area contributed by atoms with Crippen molar-refractivity contribution in [2.75, 3.05) is 11.9 Å². The minimum Gasteiger partial charge on any atom is -0.385 e. The molecule has 0 aliphatic carbocycles. The van der Waals surface area contributed by atoms with Crippen LogP contribution in [-0.4, -0.2) is 6.54 Å². The van der Waals surface area contributed by atoms with Gasteiger partial charge in [0.2, 0.25) is 0 Å². The standard InChI is InChI=1S/C22H26ClN3/c1-4-6-18-7-9-19(10-8-18)11-13-24-22-15-20(14-21(23)16-22)17(3)26-25-12-5-2/h5,7-10,12,14-16,24H,3-4,6,11,13H2,1-2H3/b12-5-,26-25?. The molecule has 4 heteroatoms. The van der Waals surface area contributed by atoms with E-state index in [0.29, 0.717) is 10.7 Å². The Kier molecular flexibility index (Phi) is 8.10. The predicted molar refractivity (Wildman–Crippen MR) is 113 cm³/mol. The fourth-order valence-electron chi connectivity index (χ4n) is 2.60. The van der Waals surface area contributed by atoms with E-state index in [1.165, 1.54) is 17.5 Å². The van der Waals surface area contributed by atoms with E-state index in [1.54, 1.807) is 6.20 Å². The number of azo groups is 1. The first-order chi connectivity index (χ1) is 12.6. The molecule has 1 N–H and O–H groups in total. The van der Waals surface area contributed by atoms with E-state index in [2.05, 4.69) is 53.3 Å². The summed E-state index contributed by atoms with van der Waals surface area (Å²) in [5, 5.41) is 12.1. The summed E-state index contributed by atoms with van der Waals surface area (Å²) in [5.74, 6) is 0. The summed E-state index contributed by atoms with van der Waals surface area (Å²) in [4.78, 5) is 0. The maximum Gasteiger partial charge on any atom is 0.0858 e. The lowest BCUT2D eigenvalue weighted by atomic mass is 10.1. The lowest BCUT2D eigenvalue weighted by Gasteiger charge is -2.10. The van der Waals surface area contributed by atoms with Gasteiger partial charge in [-0.3, -0.25) is 0 Å². The van der Waals surface area contributed by atoms with E-state index in [0.717, 1.165) is 30.6 Å². The van der Waals surface area contributed by atoms with Gasteiger partial charge in [-0.25, -0.2) is 0 Å². The summed E-state index contributed by atoms with van der Waals surface area (Å²) >= 11 is 6.23. The molecule has 0 aliphatic rings. The zero-order valence-corrected chi connectivity index (χ0v) is 16.3. The van der Waals surface area contributed by atoms with Crippen LogP contribution in [-0.2, 0) is 12.8 Å². The lowest BCUT2D eigenvalue weighted by Crippen LogP contribution is -2.05. The first-order valence-electron chi connectivity index (χ1n) is 8.96. The molecular formula is C22H26ClN3. The van der Waals surface area contributed by atoms with Crippen molar-refractivity contribution in [3.05, 3.63) is 83.0 Å². The average molecular weight is 368 g/mol. The minimum atomic E-state index is 0.583. The lowest BCUT2D eigenvalue weighted by molar-refractivity contribution is 0.918. The largest absolute Gasteiger partial charge is 0.385 e. The molecule has 0 fully saturated rings. The Morgan fingerprint density at radius 3 is 2.46 bits per heavy atom. The number of nitrogens with one attached hydrogen (secondary N) is 1. The van der Waals surface area contributed by atoms with Crippen molar-refractivity contribution in [3.8, 4) is 0 Å². The summed E-state index contributed by atoms with van der Waals surface area (Å²) in [6.07, 6.45) is 6.71. The fraction of sp³-hybridized carbons (Fsp3) is 0.273. The molecule has 0 saturated heterocycles. The van der Waals surface area contributed by atoms with Crippen molar-refractivity contribution >= 4 is 23.0 Å². The maximum atomic E-state index is 6.23. The molecule has 2 rings (SSSR count). The molecule has 0 aromatic heterocycles. The van der Waals surface area contributed by atoms with Crippen molar-refractivity contribution in [2.45, 2.75) is 33.1 Å². The van der Waals surface area contributed by atoms with Gasteiger partial charge in [0.15, 0.2) is 0 Å². The van der Waals surface area contributed by atoms with Gasteiger partial charge in [0.1, 0.15) is 0 Å². The molecule has 0 bridgehead atoms. The van der Waals surface area contributed by atoms with Gasteiger partial charge in [0.25, 0.3) is 0 Å². The predicted octanol–water partition coefficient (Wildman–Crippen LogP) is 6.90. The number of aryl methyl sites for hydroxylation is 1. The smallest absolute Gasteiger partial charge is 0.0858 e. The third kappa shape index (κ3) is 6.49. The van der Waals surface area contributed by atoms with E-state index in [1.807, 2.05) is 31.2 Å². The highest BCUT2D eigenvalue weighted by Gasteiger charge is 2.03. The highest BCUT2D eigenvalue weighted by Crippen LogP contribution is 2.24. The second-order valence-electron chi connectivity index (χ2n) is 6.12. The van der Waals surface area contributed by atoms with Crippen molar-refractivity contribution in [3.63, 3.8) is 0 Å². The van der Waals surface area contributed by atoms with Crippen LogP contribution in [0.25, 0.3) is 5.70 Å². The normalized spacial score (nSPS) is 11.3. The molecule has 0 unspecified atom stereocenters. The molecular weight excluding hydrogens is 342 g/mol. The fourth-order valence-corrected chi connectivity index (χ4v) is 2.83. The molecule has 0 saturated carbocycles. The molecule has 26 heavy (non-hydrogen) atoms. The molecule has 3 nitrogen and oxygen atoms in total. The van der Waals surface area contributed by atoms with E-state index in [9.17, 15) is 0 Å². The van der Waals surface area contributed by atoms with Crippen LogP contribution >= 0.6 is 11.6 Å². The van der Waals surface area contributed by atoms with Crippen LogP contribution in [0.15, 0.2) is 71.5 Å². The molecule has 0 amide bonds. The van der Waals surface area contributed by atoms with Gasteiger partial charge in [-0.05, 0) is 49.1 Å². The summed E-state index contributed by atoms with van der Waals surface area (Å²) in [5.41, 5.74) is 5.12. The molecule has 0 spiro atoms. The van der Waals surface area contributed by atoms with E-state index < -0.39 is 0 Å². The van der Waals surface area contributed by atoms with Gasteiger partial charge in [-0.15, -0.1) is 0 Å². The van der Waals surface area contributed by atoms with Gasteiger partial charge in [0.05, 0.1) is 5.70 Å². The Balaban J connectivity index is 1.95. The quantitative estimate of drug-likeness (QED) is 0.480. The topological polar surface area (TPSA) is 36.8 Å². The number of benzene rings is 2. The minimum absolute atomic E-state index is 0.583. The van der Waals surface area contributed by atoms with E-state index >= 15 is 0 Å². The molecule has 0 radical (unpaired) electrons. The Morgan fingerprint density at radius 1 is 1.12 bits per heavy atom. The first-order valence-corrected chi connectivity index (χ1v) is 9.33. The van der Waals surface area contributed by atoms with Crippen LogP contribution in [0.4, 0.5) is 5.69 Å². The summed E-state index contributed by atoms with van der Waals surface area (Å²) in [6.45, 7) is 8.87. The summed E-state index contributed by atoms with van der Waals surface area (Å²) in [6, 6.07) is 14.6. The highest BCUT2D eigenvalue weighted by molar-refractivity contribution is 6.31. The van der Waals surface area contributed by atoms with Gasteiger partial charge < -0.3 is 5.32 Å². The SMILES string of the molecule is C=C(N=N/C=C\C)c1cc(Cl)cc(NCCc2ccc(CCC)cc2)c1. The molecule has 0 atom stereocenters. The van der Waals surface area contributed by atoms with Gasteiger partial charge in [-0.1, -0.05) is 61.9 Å². The number of rotatable bonds is 9. The van der Waals surface area contributed by atoms with Crippen LogP contribution in [0.2, 0.25) is 5.02 Å². The molecule has 2 aromatic rings. The van der Waals surface area contributed by atoms with Crippen LogP contribution in [0.5, 0.6) is 0 Å². The van der Waals surface area contributed by atoms with Crippen molar-refractivity contribution in [1.82, 2.24) is 0 Å². The van der Waals surface area contributed by atoms with Crippen LogP contribution in [0, 0.1) is 0 Å². The van der Waals surface area contributed by atoms with Gasteiger partial charge in [0, 0.05) is 29.0 Å². The average Bonchev–Trinajstić information content (AvgIpc) is 2.63. The van der Waals surface area contributed by atoms with E-state index in [4.69, 9.17) is 11.6 Å². The summed E-state index contributed by atoms with van der Waals surface area (Å²) in [7, 11) is 0. The molecule has 0 heterocycles. The monoisotopic (exact) mass is 367 g/mol. The molecule has 2 aromatic carbocycles. The number of hydrogen-bond donors (Lipinski definition) is 1. The zero-order chi connectivity index (χ0) is 18.8. The van der Waals surface area contributed by atoms with Crippen molar-refractivity contribution < 1.29 is 0 Å². The Labute approximate surface area is 161 Å². The zero-order valence-electron chi connectivity index (χ0n) is 15.5. The van der Waals surface area contributed by atoms with Crippen LogP contribution < -0.4 is 5.32 Å². The van der Waals surface area contributed by atoms with Crippen LogP contribution in [0.1, 0.15) is 37.0 Å². The Hall–Kier alpha value is -2.39. The second kappa shape index (κ2) is 10.6. The van der Waals surface area contributed by atoms with Crippen molar-refractivity contribution in [2.24, 2.45) is 10.2 Å². The Bertz CT molecular complexity index is 776. The Morgan fingerprint density at radius 2 is 1.81 bits per heavy atom. The number of hydrogen-bond acceptors (Lipinski definition) is 3. The van der Waals surface area contributed by atoms with E-state index in [-0.39, 0.29) is 0 Å². The molecule has 0 aliphatic heterocycles. The highest BCUT2D eigenvalue weighted by atomic mass is 35.5. The second-order valence-corrected chi connectivity index (χ2v) is 6.55. The number of nitrogens with zero attached hydrogens (tertiary/aromatic N) is 2. The first kappa shape index (κ1) is 19.9. The van der Waals surface area contributed by atoms with Gasteiger partial charge >= 0.3 is 0 Å². The third-order valence-corrected chi connectivity index (χ3v) is 4.15. The van der Waals surface area contributed by atoms with Gasteiger partial charge in [-0.2, -0.15) is 10.2 Å². The third-order valence-electron chi connectivity index (χ3n) is 3.93. The number of halogens is 1.